The molecule has 19 heavy (non-hydrogen) atoms. The number of aryl methyl sites for hydroxylation is 2. The van der Waals surface area contributed by atoms with Crippen molar-refractivity contribution in [3.8, 4) is 0 Å². The summed E-state index contributed by atoms with van der Waals surface area (Å²) in [7, 11) is 0. The molecule has 96 valence electrons. The van der Waals surface area contributed by atoms with Crippen LogP contribution in [0.2, 0.25) is 0 Å². The summed E-state index contributed by atoms with van der Waals surface area (Å²) in [4.78, 5) is 19.4. The quantitative estimate of drug-likeness (QED) is 0.353. The van der Waals surface area contributed by atoms with E-state index in [4.69, 9.17) is 5.53 Å². The molecule has 1 aromatic heterocycles. The maximum atomic E-state index is 12.1. The number of ketones is 1. The molecule has 2 aromatic rings. The van der Waals surface area contributed by atoms with E-state index >= 15 is 0 Å². The number of aromatic nitrogens is 1. The highest BCUT2D eigenvalue weighted by molar-refractivity contribution is 7.17. The van der Waals surface area contributed by atoms with Crippen molar-refractivity contribution < 1.29 is 4.79 Å². The Hall–Kier alpha value is -2.17. The third-order valence-corrected chi connectivity index (χ3v) is 3.74. The molecule has 0 aliphatic carbocycles. The molecule has 0 fully saturated rings. The Morgan fingerprint density at radius 2 is 2.16 bits per heavy atom. The van der Waals surface area contributed by atoms with E-state index in [1.165, 1.54) is 0 Å². The third-order valence-electron chi connectivity index (χ3n) is 2.65. The van der Waals surface area contributed by atoms with Gasteiger partial charge in [-0.05, 0) is 29.6 Å². The van der Waals surface area contributed by atoms with Crippen molar-refractivity contribution in [3.05, 3.63) is 56.9 Å². The molecular formula is C13H12N4OS. The van der Waals surface area contributed by atoms with Gasteiger partial charge in [0.1, 0.15) is 0 Å². The highest BCUT2D eigenvalue weighted by Crippen LogP contribution is 2.26. The van der Waals surface area contributed by atoms with Crippen molar-refractivity contribution in [2.75, 3.05) is 0 Å². The van der Waals surface area contributed by atoms with Gasteiger partial charge in [0.2, 0.25) is 0 Å². The number of azide groups is 1. The minimum Gasteiger partial charge on any atom is -0.293 e. The lowest BCUT2D eigenvalue weighted by Crippen LogP contribution is -2.00. The molecule has 0 spiro atoms. The van der Waals surface area contributed by atoms with Gasteiger partial charge in [0.05, 0.1) is 10.6 Å². The number of hydrogen-bond acceptors (Lipinski definition) is 4. The van der Waals surface area contributed by atoms with Gasteiger partial charge in [0.15, 0.2) is 10.9 Å². The van der Waals surface area contributed by atoms with Crippen molar-refractivity contribution in [1.82, 2.24) is 4.98 Å². The van der Waals surface area contributed by atoms with Crippen LogP contribution in [0, 0.1) is 6.92 Å². The largest absolute Gasteiger partial charge is 0.293 e. The molecule has 0 aliphatic heterocycles. The molecule has 0 radical (unpaired) electrons. The number of Topliss-reactive ketones (excluding diaryl/α,β-unsaturated/α-hetero) is 1. The van der Waals surface area contributed by atoms with Crippen LogP contribution in [0.15, 0.2) is 35.4 Å². The summed E-state index contributed by atoms with van der Waals surface area (Å²) in [5.74, 6) is 0.0400. The molecule has 0 atom stereocenters. The Kier molecular flexibility index (Phi) is 4.28. The molecule has 1 heterocycles. The lowest BCUT2D eigenvalue weighted by atomic mass is 10.1. The lowest BCUT2D eigenvalue weighted by molar-refractivity contribution is 0.0986. The lowest BCUT2D eigenvalue weighted by Gasteiger charge is -2.00. The second kappa shape index (κ2) is 6.13. The first-order valence-corrected chi connectivity index (χ1v) is 6.62. The van der Waals surface area contributed by atoms with Gasteiger partial charge < -0.3 is 0 Å². The molecule has 5 nitrogen and oxygen atoms in total. The van der Waals surface area contributed by atoms with Crippen molar-refractivity contribution in [2.45, 2.75) is 19.8 Å². The SMILES string of the molecule is Cc1nc(N=[N+]=[N-])sc1C(=O)CCc1ccccc1. The van der Waals surface area contributed by atoms with Gasteiger partial charge in [-0.25, -0.2) is 4.98 Å². The van der Waals surface area contributed by atoms with Gasteiger partial charge in [0, 0.05) is 11.3 Å². The zero-order valence-corrected chi connectivity index (χ0v) is 11.2. The fraction of sp³-hybridized carbons (Fsp3) is 0.231. The van der Waals surface area contributed by atoms with Crippen LogP contribution >= 0.6 is 11.3 Å². The third kappa shape index (κ3) is 3.40. The normalized spacial score (nSPS) is 9.95. The van der Waals surface area contributed by atoms with Gasteiger partial charge in [0.25, 0.3) is 0 Å². The molecule has 0 aliphatic rings. The average Bonchev–Trinajstić information content (AvgIpc) is 2.79. The van der Waals surface area contributed by atoms with Crippen LogP contribution in [-0.4, -0.2) is 10.8 Å². The molecule has 6 heteroatoms. The first-order valence-electron chi connectivity index (χ1n) is 5.80. The molecule has 0 unspecified atom stereocenters. The molecule has 0 saturated heterocycles. The molecule has 0 bridgehead atoms. The van der Waals surface area contributed by atoms with Gasteiger partial charge >= 0.3 is 0 Å². The van der Waals surface area contributed by atoms with Crippen LogP contribution < -0.4 is 0 Å². The minimum absolute atomic E-state index is 0.0400. The van der Waals surface area contributed by atoms with Crippen LogP contribution in [0.3, 0.4) is 0 Å². The topological polar surface area (TPSA) is 78.7 Å². The maximum absolute atomic E-state index is 12.1. The first-order chi connectivity index (χ1) is 9.20. The van der Waals surface area contributed by atoms with E-state index in [-0.39, 0.29) is 5.78 Å². The molecule has 0 amide bonds. The van der Waals surface area contributed by atoms with Crippen LogP contribution in [0.4, 0.5) is 5.13 Å². The Morgan fingerprint density at radius 3 is 2.84 bits per heavy atom. The number of carbonyl (C=O) groups is 1. The Labute approximate surface area is 114 Å². The molecule has 2 rings (SSSR count). The van der Waals surface area contributed by atoms with E-state index in [1.807, 2.05) is 30.3 Å². The second-order valence-electron chi connectivity index (χ2n) is 4.01. The molecule has 0 saturated carbocycles. The number of thiazole rings is 1. The number of rotatable bonds is 5. The minimum atomic E-state index is 0.0400. The van der Waals surface area contributed by atoms with Crippen LogP contribution in [-0.2, 0) is 6.42 Å². The van der Waals surface area contributed by atoms with Gasteiger partial charge in [-0.1, -0.05) is 30.3 Å². The monoisotopic (exact) mass is 272 g/mol. The first kappa shape index (κ1) is 13.3. The van der Waals surface area contributed by atoms with Gasteiger partial charge in [-0.2, -0.15) is 0 Å². The summed E-state index contributed by atoms with van der Waals surface area (Å²) in [5.41, 5.74) is 10.1. The standard InChI is InChI=1S/C13H12N4OS/c1-9-12(19-13(15-9)16-17-14)11(18)8-7-10-5-3-2-4-6-10/h2-6H,7-8H2,1H3. The highest BCUT2D eigenvalue weighted by Gasteiger charge is 2.14. The van der Waals surface area contributed by atoms with Crippen LogP contribution in [0.25, 0.3) is 10.4 Å². The maximum Gasteiger partial charge on any atom is 0.180 e. The number of nitrogens with zero attached hydrogens (tertiary/aromatic N) is 4. The molecular weight excluding hydrogens is 260 g/mol. The Bertz CT molecular complexity index is 629. The molecule has 1 aromatic carbocycles. The van der Waals surface area contributed by atoms with E-state index < -0.39 is 0 Å². The summed E-state index contributed by atoms with van der Waals surface area (Å²) in [5, 5.41) is 3.72. The van der Waals surface area contributed by atoms with Crippen LogP contribution in [0.1, 0.15) is 27.3 Å². The van der Waals surface area contributed by atoms with E-state index in [2.05, 4.69) is 15.0 Å². The number of carbonyl (C=O) groups excluding carboxylic acids is 1. The molecule has 0 N–H and O–H groups in total. The van der Waals surface area contributed by atoms with Crippen molar-refractivity contribution in [2.24, 2.45) is 5.11 Å². The highest BCUT2D eigenvalue weighted by atomic mass is 32.1. The summed E-state index contributed by atoms with van der Waals surface area (Å²) in [6, 6.07) is 9.86. The fourth-order valence-corrected chi connectivity index (χ4v) is 2.59. The second-order valence-corrected chi connectivity index (χ2v) is 4.99. The van der Waals surface area contributed by atoms with Crippen molar-refractivity contribution in [1.29, 1.82) is 0 Å². The Balaban J connectivity index is 2.06. The number of hydrogen-bond donors (Lipinski definition) is 0. The smallest absolute Gasteiger partial charge is 0.180 e. The average molecular weight is 272 g/mol. The zero-order valence-electron chi connectivity index (χ0n) is 10.4. The van der Waals surface area contributed by atoms with E-state index in [9.17, 15) is 4.79 Å². The van der Waals surface area contributed by atoms with Crippen LogP contribution in [0.5, 0.6) is 0 Å². The Morgan fingerprint density at radius 1 is 1.42 bits per heavy atom. The summed E-state index contributed by atoms with van der Waals surface area (Å²) < 4.78 is 0. The van der Waals surface area contributed by atoms with Gasteiger partial charge in [-0.3, -0.25) is 4.79 Å². The van der Waals surface area contributed by atoms with E-state index in [0.29, 0.717) is 28.5 Å². The van der Waals surface area contributed by atoms with E-state index in [0.717, 1.165) is 16.9 Å². The van der Waals surface area contributed by atoms with E-state index in [1.54, 1.807) is 6.92 Å². The summed E-state index contributed by atoms with van der Waals surface area (Å²) in [6.45, 7) is 1.75. The fourth-order valence-electron chi connectivity index (χ4n) is 1.74. The van der Waals surface area contributed by atoms with Crippen molar-refractivity contribution >= 4 is 22.3 Å². The predicted octanol–water partition coefficient (Wildman–Crippen LogP) is 4.21. The number of benzene rings is 1. The van der Waals surface area contributed by atoms with Crippen molar-refractivity contribution in [3.63, 3.8) is 0 Å². The zero-order chi connectivity index (χ0) is 13.7. The summed E-state index contributed by atoms with van der Waals surface area (Å²) in [6.07, 6.45) is 1.14. The summed E-state index contributed by atoms with van der Waals surface area (Å²) >= 11 is 1.15. The van der Waals surface area contributed by atoms with Gasteiger partial charge in [-0.15, -0.1) is 11.3 Å². The predicted molar refractivity (Wildman–Crippen MR) is 74.8 cm³/mol.